The molecule has 4 atom stereocenters. The molecule has 0 radical (unpaired) electrons. The summed E-state index contributed by atoms with van der Waals surface area (Å²) in [5, 5.41) is 9.50. The average molecular weight is 266 g/mol. The quantitative estimate of drug-likeness (QED) is 0.473. The largest absolute Gasteiger partial charge is 0.469 e. The normalized spacial score (nSPS) is 35.6. The van der Waals surface area contributed by atoms with Crippen molar-refractivity contribution in [1.82, 2.24) is 0 Å². The highest BCUT2D eigenvalue weighted by atomic mass is 16.5. The van der Waals surface area contributed by atoms with Crippen LogP contribution in [0, 0.1) is 23.7 Å². The lowest BCUT2D eigenvalue weighted by Gasteiger charge is -2.18. The van der Waals surface area contributed by atoms with E-state index < -0.39 is 0 Å². The Labute approximate surface area is 116 Å². The van der Waals surface area contributed by atoms with Crippen molar-refractivity contribution in [3.8, 4) is 0 Å². The summed E-state index contributed by atoms with van der Waals surface area (Å²) < 4.78 is 4.64. The predicted molar refractivity (Wildman–Crippen MR) is 74.5 cm³/mol. The van der Waals surface area contributed by atoms with Crippen LogP contribution in [-0.2, 0) is 9.53 Å². The Kier molecular flexibility index (Phi) is 5.03. The number of carbonyl (C=O) groups is 1. The van der Waals surface area contributed by atoms with Gasteiger partial charge in [0.2, 0.25) is 0 Å². The number of methoxy groups -OCH3 is 1. The number of unbranched alkanes of at least 4 members (excludes halogenated alkanes) is 1. The standard InChI is InChI=1S/C16H26O3/c1-11-7-13-8-12(9-14(13)15(11)10-17)5-3-4-6-16(18)19-2/h5,11,13-15,17H,3-4,6-10H2,1-2H3/b12-5+/t11-,13?,14+,15+/m1/s1. The zero-order chi connectivity index (χ0) is 13.8. The molecule has 3 heteroatoms. The summed E-state index contributed by atoms with van der Waals surface area (Å²) in [6.45, 7) is 2.62. The van der Waals surface area contributed by atoms with Crippen LogP contribution in [-0.4, -0.2) is 24.8 Å². The molecule has 0 saturated heterocycles. The second kappa shape index (κ2) is 6.56. The molecule has 0 heterocycles. The smallest absolute Gasteiger partial charge is 0.305 e. The number of aliphatic hydroxyl groups excluding tert-OH is 1. The third-order valence-electron chi connectivity index (χ3n) is 5.04. The molecule has 0 aromatic heterocycles. The highest BCUT2D eigenvalue weighted by molar-refractivity contribution is 5.69. The summed E-state index contributed by atoms with van der Waals surface area (Å²) >= 11 is 0. The number of esters is 1. The molecule has 108 valence electrons. The van der Waals surface area contributed by atoms with E-state index in [1.165, 1.54) is 26.4 Å². The third kappa shape index (κ3) is 3.38. The molecule has 1 unspecified atom stereocenters. The Balaban J connectivity index is 1.78. The van der Waals surface area contributed by atoms with Gasteiger partial charge in [-0.25, -0.2) is 0 Å². The first kappa shape index (κ1) is 14.6. The number of hydrogen-bond acceptors (Lipinski definition) is 3. The molecule has 3 nitrogen and oxygen atoms in total. The van der Waals surface area contributed by atoms with E-state index in [4.69, 9.17) is 0 Å². The number of hydrogen-bond donors (Lipinski definition) is 1. The van der Waals surface area contributed by atoms with Crippen molar-refractivity contribution in [2.45, 2.75) is 45.4 Å². The summed E-state index contributed by atoms with van der Waals surface area (Å²) in [6, 6.07) is 0. The van der Waals surface area contributed by atoms with E-state index in [0.29, 0.717) is 30.8 Å². The lowest BCUT2D eigenvalue weighted by atomic mass is 9.89. The maximum Gasteiger partial charge on any atom is 0.305 e. The molecular formula is C16H26O3. The Morgan fingerprint density at radius 3 is 2.95 bits per heavy atom. The molecule has 2 rings (SSSR count). The zero-order valence-electron chi connectivity index (χ0n) is 12.1. The second-order valence-electron chi connectivity index (χ2n) is 6.22. The molecule has 2 aliphatic carbocycles. The first-order valence-electron chi connectivity index (χ1n) is 7.51. The Morgan fingerprint density at radius 1 is 1.47 bits per heavy atom. The van der Waals surface area contributed by atoms with E-state index in [1.807, 2.05) is 0 Å². The van der Waals surface area contributed by atoms with Crippen molar-refractivity contribution >= 4 is 5.97 Å². The van der Waals surface area contributed by atoms with Crippen molar-refractivity contribution in [2.24, 2.45) is 23.7 Å². The minimum atomic E-state index is -0.115. The number of allylic oxidation sites excluding steroid dienone is 2. The Morgan fingerprint density at radius 2 is 2.26 bits per heavy atom. The third-order valence-corrected chi connectivity index (χ3v) is 5.04. The fourth-order valence-corrected chi connectivity index (χ4v) is 4.01. The van der Waals surface area contributed by atoms with Gasteiger partial charge >= 0.3 is 5.97 Å². The summed E-state index contributed by atoms with van der Waals surface area (Å²) in [4.78, 5) is 11.0. The topological polar surface area (TPSA) is 46.5 Å². The van der Waals surface area contributed by atoms with Crippen molar-refractivity contribution in [1.29, 1.82) is 0 Å². The first-order valence-corrected chi connectivity index (χ1v) is 7.51. The summed E-state index contributed by atoms with van der Waals surface area (Å²) in [6.07, 6.45) is 8.34. The number of rotatable bonds is 5. The molecule has 1 N–H and O–H groups in total. The lowest BCUT2D eigenvalue weighted by Crippen LogP contribution is -2.17. The fraction of sp³-hybridized carbons (Fsp3) is 0.812. The molecule has 0 aliphatic heterocycles. The van der Waals surface area contributed by atoms with Gasteiger partial charge in [0.15, 0.2) is 0 Å². The van der Waals surface area contributed by atoms with E-state index in [2.05, 4.69) is 17.7 Å². The van der Waals surface area contributed by atoms with Gasteiger partial charge in [0, 0.05) is 13.0 Å². The van der Waals surface area contributed by atoms with E-state index >= 15 is 0 Å². The van der Waals surface area contributed by atoms with E-state index in [-0.39, 0.29) is 5.97 Å². The van der Waals surface area contributed by atoms with Crippen LogP contribution >= 0.6 is 0 Å². The van der Waals surface area contributed by atoms with E-state index in [1.54, 1.807) is 5.57 Å². The van der Waals surface area contributed by atoms with Crippen molar-refractivity contribution in [3.63, 3.8) is 0 Å². The van der Waals surface area contributed by atoms with Gasteiger partial charge in [-0.05, 0) is 55.8 Å². The molecule has 19 heavy (non-hydrogen) atoms. The van der Waals surface area contributed by atoms with Crippen LogP contribution in [0.15, 0.2) is 11.6 Å². The minimum Gasteiger partial charge on any atom is -0.469 e. The highest BCUT2D eigenvalue weighted by Gasteiger charge is 2.44. The van der Waals surface area contributed by atoms with Crippen molar-refractivity contribution < 1.29 is 14.6 Å². The van der Waals surface area contributed by atoms with Crippen LogP contribution in [0.3, 0.4) is 0 Å². The molecular weight excluding hydrogens is 240 g/mol. The monoisotopic (exact) mass is 266 g/mol. The molecule has 0 aromatic rings. The summed E-state index contributed by atoms with van der Waals surface area (Å²) in [5.74, 6) is 2.56. The summed E-state index contributed by atoms with van der Waals surface area (Å²) in [5.41, 5.74) is 1.55. The van der Waals surface area contributed by atoms with Crippen molar-refractivity contribution in [2.75, 3.05) is 13.7 Å². The van der Waals surface area contributed by atoms with Gasteiger partial charge in [-0.3, -0.25) is 4.79 Å². The number of aliphatic hydroxyl groups is 1. The molecule has 0 spiro atoms. The molecule has 0 amide bonds. The van der Waals surface area contributed by atoms with Gasteiger partial charge in [0.25, 0.3) is 0 Å². The van der Waals surface area contributed by atoms with Gasteiger partial charge in [0.05, 0.1) is 7.11 Å². The number of ether oxygens (including phenoxy) is 1. The van der Waals surface area contributed by atoms with Crippen LogP contribution in [0.5, 0.6) is 0 Å². The van der Waals surface area contributed by atoms with Gasteiger partial charge < -0.3 is 9.84 Å². The molecule has 0 aromatic carbocycles. The SMILES string of the molecule is COC(=O)CCC/C=C1\CC2C[C@@H](C)[C@H](CO)[C@H]2C1. The van der Waals surface area contributed by atoms with Crippen LogP contribution in [0.25, 0.3) is 0 Å². The second-order valence-corrected chi connectivity index (χ2v) is 6.22. The zero-order valence-corrected chi connectivity index (χ0v) is 12.1. The molecule has 2 saturated carbocycles. The maximum absolute atomic E-state index is 11.0. The minimum absolute atomic E-state index is 0.115. The Hall–Kier alpha value is -0.830. The van der Waals surface area contributed by atoms with Crippen LogP contribution in [0.2, 0.25) is 0 Å². The van der Waals surface area contributed by atoms with Crippen molar-refractivity contribution in [3.05, 3.63) is 11.6 Å². The van der Waals surface area contributed by atoms with Crippen LogP contribution in [0.1, 0.15) is 45.4 Å². The van der Waals surface area contributed by atoms with Gasteiger partial charge in [-0.1, -0.05) is 18.6 Å². The molecule has 0 bridgehead atoms. The highest BCUT2D eigenvalue weighted by Crippen LogP contribution is 2.52. The lowest BCUT2D eigenvalue weighted by molar-refractivity contribution is -0.140. The van der Waals surface area contributed by atoms with E-state index in [0.717, 1.165) is 18.8 Å². The first-order chi connectivity index (χ1) is 9.15. The number of fused-ring (bicyclic) bond motifs is 1. The molecule has 2 fully saturated rings. The Bertz CT molecular complexity index is 348. The van der Waals surface area contributed by atoms with Gasteiger partial charge in [0.1, 0.15) is 0 Å². The fourth-order valence-electron chi connectivity index (χ4n) is 4.01. The number of carbonyl (C=O) groups excluding carboxylic acids is 1. The predicted octanol–water partition coefficient (Wildman–Crippen LogP) is 2.93. The van der Waals surface area contributed by atoms with Gasteiger partial charge in [-0.2, -0.15) is 0 Å². The summed E-state index contributed by atoms with van der Waals surface area (Å²) in [7, 11) is 1.44. The van der Waals surface area contributed by atoms with E-state index in [9.17, 15) is 9.90 Å². The molecule has 2 aliphatic rings. The maximum atomic E-state index is 11.0. The van der Waals surface area contributed by atoms with Crippen LogP contribution in [0.4, 0.5) is 0 Å². The van der Waals surface area contributed by atoms with Crippen LogP contribution < -0.4 is 0 Å². The van der Waals surface area contributed by atoms with Gasteiger partial charge in [-0.15, -0.1) is 0 Å². The average Bonchev–Trinajstić information content (AvgIpc) is 2.90.